The van der Waals surface area contributed by atoms with E-state index in [0.717, 1.165) is 49.8 Å². The van der Waals surface area contributed by atoms with Crippen LogP contribution in [0.15, 0.2) is 36.4 Å². The normalized spacial score (nSPS) is 21.9. The average Bonchev–Trinajstić information content (AvgIpc) is 2.84. The second kappa shape index (κ2) is 11.5. The quantitative estimate of drug-likeness (QED) is 0.366. The van der Waals surface area contributed by atoms with Crippen LogP contribution in [0.1, 0.15) is 56.9 Å². The Kier molecular flexibility index (Phi) is 8.49. The van der Waals surface area contributed by atoms with Gasteiger partial charge < -0.3 is 9.47 Å². The first-order valence-electron chi connectivity index (χ1n) is 11.9. The summed E-state index contributed by atoms with van der Waals surface area (Å²) in [6.07, 6.45) is 7.04. The Morgan fingerprint density at radius 2 is 1.76 bits per heavy atom. The van der Waals surface area contributed by atoms with Gasteiger partial charge >= 0.3 is 0 Å². The van der Waals surface area contributed by atoms with Crippen LogP contribution < -0.4 is 9.47 Å². The first-order valence-corrected chi connectivity index (χ1v) is 12.7. The van der Waals surface area contributed by atoms with Crippen LogP contribution in [0, 0.1) is 17.7 Å². The first-order chi connectivity index (χ1) is 16.4. The second-order valence-electron chi connectivity index (χ2n) is 9.40. The minimum absolute atomic E-state index is 0.0185. The smallest absolute Gasteiger partial charge is 0.173 e. The van der Waals surface area contributed by atoms with Crippen molar-refractivity contribution >= 4 is 34.8 Å². The third-order valence-corrected chi connectivity index (χ3v) is 7.44. The van der Waals surface area contributed by atoms with Gasteiger partial charge in [-0.25, -0.2) is 4.39 Å². The Morgan fingerprint density at radius 1 is 1.00 bits per heavy atom. The number of carbonyl (C=O) groups excluding carboxylic acids is 2. The molecule has 1 unspecified atom stereocenters. The molecule has 4 rings (SSSR count). The van der Waals surface area contributed by atoms with Crippen molar-refractivity contribution < 1.29 is 23.5 Å². The lowest BCUT2D eigenvalue weighted by Gasteiger charge is -2.29. The largest absolute Gasteiger partial charge is 0.486 e. The number of benzene rings is 2. The topological polar surface area (TPSA) is 52.6 Å². The van der Waals surface area contributed by atoms with Gasteiger partial charge in [-0.2, -0.15) is 0 Å². The standard InChI is InChI=1S/C27H29Cl2FO4/c28-20-7-12-26-19(14-20)6-11-27(34-26)25(32)10-5-17-1-3-18(4-2-17)13-21(31)16-33-22-8-9-23(29)24(30)15-22/h7-9,12,14-15,17-18,27H,1-6,10-11,13,16H2. The van der Waals surface area contributed by atoms with Crippen LogP contribution in [0.5, 0.6) is 11.5 Å². The van der Waals surface area contributed by atoms with E-state index in [4.69, 9.17) is 32.7 Å². The van der Waals surface area contributed by atoms with Crippen LogP contribution in [0.4, 0.5) is 4.39 Å². The number of hydrogen-bond donors (Lipinski definition) is 0. The van der Waals surface area contributed by atoms with Crippen molar-refractivity contribution in [2.75, 3.05) is 6.61 Å². The van der Waals surface area contributed by atoms with E-state index in [1.165, 1.54) is 12.1 Å². The molecule has 2 aromatic carbocycles. The zero-order valence-electron chi connectivity index (χ0n) is 19.0. The van der Waals surface area contributed by atoms with Crippen molar-refractivity contribution in [2.45, 2.75) is 63.9 Å². The maximum Gasteiger partial charge on any atom is 0.173 e. The second-order valence-corrected chi connectivity index (χ2v) is 10.2. The highest BCUT2D eigenvalue weighted by molar-refractivity contribution is 6.31. The van der Waals surface area contributed by atoms with E-state index >= 15 is 0 Å². The predicted molar refractivity (Wildman–Crippen MR) is 130 cm³/mol. The van der Waals surface area contributed by atoms with Gasteiger partial charge in [-0.1, -0.05) is 36.0 Å². The van der Waals surface area contributed by atoms with E-state index in [1.54, 1.807) is 12.1 Å². The van der Waals surface area contributed by atoms with Crippen LogP contribution in [0.2, 0.25) is 10.0 Å². The number of hydrogen-bond acceptors (Lipinski definition) is 4. The van der Waals surface area contributed by atoms with Gasteiger partial charge in [-0.3, -0.25) is 9.59 Å². The summed E-state index contributed by atoms with van der Waals surface area (Å²) in [7, 11) is 0. The SMILES string of the molecule is O=C(COc1ccc(Cl)c(F)c1)CC1CCC(CCC(=O)C2CCc3cc(Cl)ccc3O2)CC1. The maximum atomic E-state index is 13.5. The molecule has 182 valence electrons. The molecule has 1 saturated carbocycles. The Labute approximate surface area is 209 Å². The number of ketones is 2. The van der Waals surface area contributed by atoms with Crippen LogP contribution in [-0.4, -0.2) is 24.3 Å². The molecule has 34 heavy (non-hydrogen) atoms. The zero-order valence-corrected chi connectivity index (χ0v) is 20.5. The zero-order chi connectivity index (χ0) is 24.1. The Bertz CT molecular complexity index is 1030. The van der Waals surface area contributed by atoms with Crippen molar-refractivity contribution in [3.63, 3.8) is 0 Å². The van der Waals surface area contributed by atoms with Crippen LogP contribution in [-0.2, 0) is 16.0 Å². The molecule has 0 N–H and O–H groups in total. The van der Waals surface area contributed by atoms with Gasteiger partial charge in [0.1, 0.15) is 23.9 Å². The Morgan fingerprint density at radius 3 is 2.53 bits per heavy atom. The molecule has 0 radical (unpaired) electrons. The molecule has 1 fully saturated rings. The molecule has 0 aromatic heterocycles. The lowest BCUT2D eigenvalue weighted by atomic mass is 9.78. The Hall–Kier alpha value is -2.11. The molecule has 7 heteroatoms. The third kappa shape index (κ3) is 6.73. The molecular formula is C27H29Cl2FO4. The number of rotatable bonds is 9. The first kappa shape index (κ1) is 25.0. The summed E-state index contributed by atoms with van der Waals surface area (Å²) >= 11 is 11.7. The fraction of sp³-hybridized carbons (Fsp3) is 0.481. The fourth-order valence-electron chi connectivity index (χ4n) is 4.93. The molecule has 1 aliphatic heterocycles. The highest BCUT2D eigenvalue weighted by Gasteiger charge is 2.28. The molecule has 4 nitrogen and oxygen atoms in total. The summed E-state index contributed by atoms with van der Waals surface area (Å²) in [4.78, 5) is 25.0. The number of halogens is 3. The van der Waals surface area contributed by atoms with Crippen LogP contribution in [0.25, 0.3) is 0 Å². The van der Waals surface area contributed by atoms with Crippen molar-refractivity contribution in [3.05, 3.63) is 57.8 Å². The highest BCUT2D eigenvalue weighted by Crippen LogP contribution is 2.35. The van der Waals surface area contributed by atoms with Gasteiger partial charge in [-0.05, 0) is 79.8 Å². The van der Waals surface area contributed by atoms with E-state index in [2.05, 4.69) is 0 Å². The van der Waals surface area contributed by atoms with Gasteiger partial charge in [0.2, 0.25) is 0 Å². The third-order valence-electron chi connectivity index (χ3n) is 6.90. The minimum atomic E-state index is -0.562. The monoisotopic (exact) mass is 506 g/mol. The Balaban J connectivity index is 1.14. The highest BCUT2D eigenvalue weighted by atomic mass is 35.5. The van der Waals surface area contributed by atoms with E-state index < -0.39 is 5.82 Å². The van der Waals surface area contributed by atoms with E-state index in [0.29, 0.717) is 41.9 Å². The molecule has 1 aliphatic carbocycles. The summed E-state index contributed by atoms with van der Waals surface area (Å²) in [5, 5.41) is 0.716. The number of aryl methyl sites for hydroxylation is 1. The molecule has 0 spiro atoms. The maximum absolute atomic E-state index is 13.5. The molecule has 2 aromatic rings. The van der Waals surface area contributed by atoms with Crippen LogP contribution >= 0.6 is 23.2 Å². The molecular weight excluding hydrogens is 478 g/mol. The molecule has 0 bridgehead atoms. The van der Waals surface area contributed by atoms with Crippen LogP contribution in [0.3, 0.4) is 0 Å². The summed E-state index contributed by atoms with van der Waals surface area (Å²) in [5.41, 5.74) is 1.06. The van der Waals surface area contributed by atoms with E-state index in [-0.39, 0.29) is 29.3 Å². The number of ether oxygens (including phenoxy) is 2. The van der Waals surface area contributed by atoms with E-state index in [1.807, 2.05) is 12.1 Å². The molecule has 0 amide bonds. The van der Waals surface area contributed by atoms with Gasteiger partial charge in [-0.15, -0.1) is 0 Å². The average molecular weight is 507 g/mol. The summed E-state index contributed by atoms with van der Waals surface area (Å²) in [6.45, 7) is -0.0633. The lowest BCUT2D eigenvalue weighted by Crippen LogP contribution is -2.31. The minimum Gasteiger partial charge on any atom is -0.486 e. The van der Waals surface area contributed by atoms with Crippen molar-refractivity contribution in [3.8, 4) is 11.5 Å². The molecule has 1 heterocycles. The lowest BCUT2D eigenvalue weighted by molar-refractivity contribution is -0.126. The predicted octanol–water partition coefficient (Wildman–Crippen LogP) is 7.02. The van der Waals surface area contributed by atoms with Gasteiger partial charge in [0.15, 0.2) is 17.7 Å². The summed E-state index contributed by atoms with van der Waals surface area (Å²) in [5.74, 6) is 1.56. The fourth-order valence-corrected chi connectivity index (χ4v) is 5.24. The number of Topliss-reactive ketones (excluding diaryl/α,β-unsaturated/α-hetero) is 2. The van der Waals surface area contributed by atoms with E-state index in [9.17, 15) is 14.0 Å². The van der Waals surface area contributed by atoms with Gasteiger partial charge in [0.05, 0.1) is 5.02 Å². The molecule has 2 aliphatic rings. The van der Waals surface area contributed by atoms with Gasteiger partial charge in [0.25, 0.3) is 0 Å². The molecule has 1 atom stereocenters. The van der Waals surface area contributed by atoms with Crippen molar-refractivity contribution in [1.82, 2.24) is 0 Å². The molecule has 0 saturated heterocycles. The van der Waals surface area contributed by atoms with Gasteiger partial charge in [0, 0.05) is 23.9 Å². The number of fused-ring (bicyclic) bond motifs is 1. The number of carbonyl (C=O) groups is 2. The summed E-state index contributed by atoms with van der Waals surface area (Å²) in [6, 6.07) is 9.70. The van der Waals surface area contributed by atoms with Crippen molar-refractivity contribution in [2.24, 2.45) is 11.8 Å². The van der Waals surface area contributed by atoms with Crippen molar-refractivity contribution in [1.29, 1.82) is 0 Å². The summed E-state index contributed by atoms with van der Waals surface area (Å²) < 4.78 is 24.8.